The summed E-state index contributed by atoms with van der Waals surface area (Å²) in [5.74, 6) is 0. The van der Waals surface area contributed by atoms with Crippen molar-refractivity contribution < 1.29 is 10.2 Å². The first-order chi connectivity index (χ1) is 6.11. The van der Waals surface area contributed by atoms with Gasteiger partial charge in [-0.1, -0.05) is 29.8 Å². The third-order valence-electron chi connectivity index (χ3n) is 1.83. The largest absolute Gasteiger partial charge is 0.393 e. The van der Waals surface area contributed by atoms with Gasteiger partial charge in [0.25, 0.3) is 0 Å². The van der Waals surface area contributed by atoms with Gasteiger partial charge in [-0.2, -0.15) is 0 Å². The zero-order valence-electron chi connectivity index (χ0n) is 7.44. The van der Waals surface area contributed by atoms with Gasteiger partial charge in [0.2, 0.25) is 0 Å². The number of benzene rings is 1. The molecule has 0 heterocycles. The molecule has 72 valence electrons. The zero-order valence-corrected chi connectivity index (χ0v) is 8.20. The Morgan fingerprint density at radius 3 is 2.46 bits per heavy atom. The summed E-state index contributed by atoms with van der Waals surface area (Å²) >= 11 is 5.86. The molecule has 0 aliphatic rings. The Balaban J connectivity index is 2.76. The molecule has 0 saturated heterocycles. The molecule has 3 heteroatoms. The van der Waals surface area contributed by atoms with Crippen LogP contribution in [-0.2, 0) is 0 Å². The second kappa shape index (κ2) is 4.61. The predicted octanol–water partition coefficient (Wildman–Crippen LogP) is 2.14. The van der Waals surface area contributed by atoms with Gasteiger partial charge in [0.05, 0.1) is 12.2 Å². The Morgan fingerprint density at radius 2 is 1.92 bits per heavy atom. The number of aliphatic hydroxyl groups is 2. The van der Waals surface area contributed by atoms with E-state index >= 15 is 0 Å². The normalized spacial score (nSPS) is 15.4. The third kappa shape index (κ3) is 2.99. The Kier molecular flexibility index (Phi) is 3.72. The molecule has 2 atom stereocenters. The zero-order chi connectivity index (χ0) is 9.84. The number of halogens is 1. The average Bonchev–Trinajstić information content (AvgIpc) is 2.03. The van der Waals surface area contributed by atoms with Crippen molar-refractivity contribution in [2.75, 3.05) is 0 Å². The van der Waals surface area contributed by atoms with Crippen molar-refractivity contribution in [3.8, 4) is 0 Å². The topological polar surface area (TPSA) is 40.5 Å². The molecule has 0 saturated carbocycles. The lowest BCUT2D eigenvalue weighted by molar-refractivity contribution is 0.0908. The van der Waals surface area contributed by atoms with Crippen molar-refractivity contribution in [1.82, 2.24) is 0 Å². The molecule has 0 aliphatic heterocycles. The van der Waals surface area contributed by atoms with E-state index in [1.165, 1.54) is 0 Å². The molecule has 0 bridgehead atoms. The molecule has 13 heavy (non-hydrogen) atoms. The van der Waals surface area contributed by atoms with Gasteiger partial charge < -0.3 is 10.2 Å². The Hall–Kier alpha value is -0.570. The molecule has 2 N–H and O–H groups in total. The van der Waals surface area contributed by atoms with Crippen molar-refractivity contribution in [1.29, 1.82) is 0 Å². The highest BCUT2D eigenvalue weighted by atomic mass is 35.5. The summed E-state index contributed by atoms with van der Waals surface area (Å²) in [6, 6.07) is 7.10. The van der Waals surface area contributed by atoms with Crippen molar-refractivity contribution in [3.63, 3.8) is 0 Å². The summed E-state index contributed by atoms with van der Waals surface area (Å²) < 4.78 is 0. The Bertz CT molecular complexity index is 273. The first kappa shape index (κ1) is 10.5. The van der Waals surface area contributed by atoms with Gasteiger partial charge in [0, 0.05) is 11.4 Å². The second-order valence-corrected chi connectivity index (χ2v) is 3.53. The fourth-order valence-electron chi connectivity index (χ4n) is 1.20. The number of hydrogen-bond acceptors (Lipinski definition) is 2. The van der Waals surface area contributed by atoms with Crippen LogP contribution in [0.2, 0.25) is 5.02 Å². The lowest BCUT2D eigenvalue weighted by Crippen LogP contribution is -2.08. The molecule has 1 rings (SSSR count). The first-order valence-corrected chi connectivity index (χ1v) is 4.59. The standard InChI is InChI=1S/C10H13ClO2/c1-7(12)6-10(13)8-4-2-3-5-9(8)11/h2-5,7,10,12-13H,6H2,1H3. The lowest BCUT2D eigenvalue weighted by Gasteiger charge is -2.13. The summed E-state index contributed by atoms with van der Waals surface area (Å²) in [6.45, 7) is 1.64. The van der Waals surface area contributed by atoms with Gasteiger partial charge in [-0.3, -0.25) is 0 Å². The van der Waals surface area contributed by atoms with Gasteiger partial charge in [-0.25, -0.2) is 0 Å². The van der Waals surface area contributed by atoms with Gasteiger partial charge in [-0.05, 0) is 18.6 Å². The van der Waals surface area contributed by atoms with E-state index in [1.54, 1.807) is 25.1 Å². The molecule has 0 fully saturated rings. The maximum absolute atomic E-state index is 9.63. The van der Waals surface area contributed by atoms with Crippen LogP contribution in [0.15, 0.2) is 24.3 Å². The van der Waals surface area contributed by atoms with Gasteiger partial charge >= 0.3 is 0 Å². The molecule has 0 amide bonds. The maximum Gasteiger partial charge on any atom is 0.0828 e. The summed E-state index contributed by atoms with van der Waals surface area (Å²) in [4.78, 5) is 0. The molecular formula is C10H13ClO2. The summed E-state index contributed by atoms with van der Waals surface area (Å²) in [5.41, 5.74) is 0.671. The van der Waals surface area contributed by atoms with Crippen LogP contribution in [0.4, 0.5) is 0 Å². The van der Waals surface area contributed by atoms with E-state index in [0.717, 1.165) is 0 Å². The van der Waals surface area contributed by atoms with Gasteiger partial charge in [0.15, 0.2) is 0 Å². The Morgan fingerprint density at radius 1 is 1.31 bits per heavy atom. The summed E-state index contributed by atoms with van der Waals surface area (Å²) in [5, 5.41) is 19.2. The van der Waals surface area contributed by atoms with E-state index in [1.807, 2.05) is 6.07 Å². The highest BCUT2D eigenvalue weighted by molar-refractivity contribution is 6.31. The van der Waals surface area contributed by atoms with Crippen LogP contribution in [-0.4, -0.2) is 16.3 Å². The van der Waals surface area contributed by atoms with Crippen molar-refractivity contribution in [2.45, 2.75) is 25.6 Å². The fraction of sp³-hybridized carbons (Fsp3) is 0.400. The van der Waals surface area contributed by atoms with Crippen molar-refractivity contribution >= 4 is 11.6 Å². The molecule has 2 nitrogen and oxygen atoms in total. The molecule has 0 spiro atoms. The highest BCUT2D eigenvalue weighted by Crippen LogP contribution is 2.25. The van der Waals surface area contributed by atoms with Crippen molar-refractivity contribution in [2.24, 2.45) is 0 Å². The minimum Gasteiger partial charge on any atom is -0.393 e. The van der Waals surface area contributed by atoms with Crippen LogP contribution in [0.25, 0.3) is 0 Å². The van der Waals surface area contributed by atoms with E-state index < -0.39 is 12.2 Å². The van der Waals surface area contributed by atoms with Crippen LogP contribution in [0, 0.1) is 0 Å². The molecule has 0 radical (unpaired) electrons. The van der Waals surface area contributed by atoms with E-state index in [4.69, 9.17) is 16.7 Å². The number of aliphatic hydroxyl groups excluding tert-OH is 2. The van der Waals surface area contributed by atoms with E-state index in [0.29, 0.717) is 17.0 Å². The average molecular weight is 201 g/mol. The third-order valence-corrected chi connectivity index (χ3v) is 2.17. The van der Waals surface area contributed by atoms with Gasteiger partial charge in [0.1, 0.15) is 0 Å². The first-order valence-electron chi connectivity index (χ1n) is 4.22. The van der Waals surface area contributed by atoms with Gasteiger partial charge in [-0.15, -0.1) is 0 Å². The van der Waals surface area contributed by atoms with Crippen LogP contribution in [0.3, 0.4) is 0 Å². The van der Waals surface area contributed by atoms with E-state index in [-0.39, 0.29) is 0 Å². The molecule has 0 aliphatic carbocycles. The Labute approximate surface area is 82.8 Å². The van der Waals surface area contributed by atoms with Crippen LogP contribution in [0.1, 0.15) is 25.0 Å². The molecule has 0 aromatic heterocycles. The minimum absolute atomic E-state index is 0.309. The molecule has 1 aromatic rings. The number of rotatable bonds is 3. The van der Waals surface area contributed by atoms with Crippen molar-refractivity contribution in [3.05, 3.63) is 34.9 Å². The highest BCUT2D eigenvalue weighted by Gasteiger charge is 2.12. The smallest absolute Gasteiger partial charge is 0.0828 e. The summed E-state index contributed by atoms with van der Waals surface area (Å²) in [6.07, 6.45) is -0.899. The summed E-state index contributed by atoms with van der Waals surface area (Å²) in [7, 11) is 0. The quantitative estimate of drug-likeness (QED) is 0.785. The fourth-order valence-corrected chi connectivity index (χ4v) is 1.46. The monoisotopic (exact) mass is 200 g/mol. The lowest BCUT2D eigenvalue weighted by atomic mass is 10.0. The SMILES string of the molecule is CC(O)CC(O)c1ccccc1Cl. The molecule has 1 aromatic carbocycles. The molecule has 2 unspecified atom stereocenters. The maximum atomic E-state index is 9.63. The minimum atomic E-state index is -0.686. The van der Waals surface area contributed by atoms with Crippen LogP contribution < -0.4 is 0 Å². The van der Waals surface area contributed by atoms with E-state index in [2.05, 4.69) is 0 Å². The van der Waals surface area contributed by atoms with Crippen LogP contribution in [0.5, 0.6) is 0 Å². The second-order valence-electron chi connectivity index (χ2n) is 3.12. The van der Waals surface area contributed by atoms with Crippen LogP contribution >= 0.6 is 11.6 Å². The van der Waals surface area contributed by atoms with E-state index in [9.17, 15) is 5.11 Å². The molecular weight excluding hydrogens is 188 g/mol. The number of hydrogen-bond donors (Lipinski definition) is 2. The predicted molar refractivity (Wildman–Crippen MR) is 52.7 cm³/mol.